The normalized spacial score (nSPS) is 10.2. The van der Waals surface area contributed by atoms with Crippen LogP contribution < -0.4 is 15.0 Å². The number of nitrogens with zero attached hydrogens (tertiary/aromatic N) is 2. The van der Waals surface area contributed by atoms with Crippen LogP contribution >= 0.6 is 0 Å². The van der Waals surface area contributed by atoms with Crippen LogP contribution in [0.1, 0.15) is 27.8 Å². The second kappa shape index (κ2) is 6.30. The van der Waals surface area contributed by atoms with Gasteiger partial charge in [0.05, 0.1) is 19.9 Å². The van der Waals surface area contributed by atoms with E-state index in [0.717, 1.165) is 10.7 Å². The van der Waals surface area contributed by atoms with Crippen molar-refractivity contribution in [3.8, 4) is 17.2 Å². The summed E-state index contributed by atoms with van der Waals surface area (Å²) in [6, 6.07) is 5.47. The average Bonchev–Trinajstić information content (AvgIpc) is 2.53. The molecule has 0 atom stereocenters. The predicted molar refractivity (Wildman–Crippen MR) is 79.9 cm³/mol. The highest BCUT2D eigenvalue weighted by Crippen LogP contribution is 2.28. The average molecular weight is 318 g/mol. The summed E-state index contributed by atoms with van der Waals surface area (Å²) in [4.78, 5) is 35.0. The summed E-state index contributed by atoms with van der Waals surface area (Å²) >= 11 is 0. The summed E-state index contributed by atoms with van der Waals surface area (Å²) in [7, 11) is 2.88. The Kier molecular flexibility index (Phi) is 4.44. The van der Waals surface area contributed by atoms with E-state index in [-0.39, 0.29) is 11.4 Å². The van der Waals surface area contributed by atoms with Crippen molar-refractivity contribution in [1.29, 1.82) is 0 Å². The molecule has 0 saturated heterocycles. The van der Waals surface area contributed by atoms with Gasteiger partial charge in [0.15, 0.2) is 17.3 Å². The number of methoxy groups -OCH3 is 2. The smallest absolute Gasteiger partial charge is 0.341 e. The van der Waals surface area contributed by atoms with E-state index in [1.807, 2.05) is 0 Å². The third kappa shape index (κ3) is 3.05. The van der Waals surface area contributed by atoms with Gasteiger partial charge in [0.25, 0.3) is 5.56 Å². The number of carbonyl (C=O) groups is 2. The fourth-order valence-corrected chi connectivity index (χ4v) is 1.95. The summed E-state index contributed by atoms with van der Waals surface area (Å²) in [6.45, 7) is 1.23. The minimum absolute atomic E-state index is 0.128. The zero-order chi connectivity index (χ0) is 17.1. The molecule has 0 bridgehead atoms. The second-order valence-corrected chi connectivity index (χ2v) is 4.56. The second-order valence-electron chi connectivity index (χ2n) is 4.56. The number of aromatic carboxylic acids is 1. The molecule has 0 spiro atoms. The number of carboxylic acids is 1. The Hall–Kier alpha value is -3.16. The van der Waals surface area contributed by atoms with Crippen molar-refractivity contribution in [1.82, 2.24) is 9.78 Å². The van der Waals surface area contributed by atoms with Crippen molar-refractivity contribution in [3.63, 3.8) is 0 Å². The lowest BCUT2D eigenvalue weighted by molar-refractivity contribution is 0.0694. The van der Waals surface area contributed by atoms with Gasteiger partial charge in [-0.2, -0.15) is 9.78 Å². The first-order valence-corrected chi connectivity index (χ1v) is 6.50. The standard InChI is InChI=1S/C15H14N2O6/c1-8(18)11-7-10(15(20)21)14(19)17(16-11)9-4-5-12(22-2)13(6-9)23-3/h4-7H,1-3H3,(H,20,21). The first kappa shape index (κ1) is 16.2. The van der Waals surface area contributed by atoms with Gasteiger partial charge in [0, 0.05) is 13.0 Å². The Morgan fingerprint density at radius 2 is 1.78 bits per heavy atom. The van der Waals surface area contributed by atoms with Gasteiger partial charge in [-0.3, -0.25) is 9.59 Å². The van der Waals surface area contributed by atoms with E-state index in [1.54, 1.807) is 6.07 Å². The van der Waals surface area contributed by atoms with E-state index >= 15 is 0 Å². The first-order valence-electron chi connectivity index (χ1n) is 6.50. The summed E-state index contributed by atoms with van der Waals surface area (Å²) in [6.07, 6.45) is 0. The molecule has 8 nitrogen and oxygen atoms in total. The predicted octanol–water partition coefficient (Wildman–Crippen LogP) is 1.15. The summed E-state index contributed by atoms with van der Waals surface area (Å²) < 4.78 is 11.1. The number of benzene rings is 1. The van der Waals surface area contributed by atoms with Gasteiger partial charge in [-0.25, -0.2) is 4.79 Å². The molecule has 0 saturated carbocycles. The molecule has 2 rings (SSSR count). The molecule has 1 aromatic heterocycles. The fraction of sp³-hybridized carbons (Fsp3) is 0.200. The Morgan fingerprint density at radius 3 is 2.30 bits per heavy atom. The monoisotopic (exact) mass is 318 g/mol. The third-order valence-electron chi connectivity index (χ3n) is 3.11. The van der Waals surface area contributed by atoms with Crippen LogP contribution in [-0.2, 0) is 0 Å². The van der Waals surface area contributed by atoms with Crippen molar-refractivity contribution in [2.45, 2.75) is 6.92 Å². The Balaban J connectivity index is 2.74. The highest BCUT2D eigenvalue weighted by molar-refractivity contribution is 5.95. The Morgan fingerprint density at radius 1 is 1.13 bits per heavy atom. The largest absolute Gasteiger partial charge is 0.493 e. The Labute approximate surface area is 130 Å². The van der Waals surface area contributed by atoms with E-state index in [2.05, 4.69) is 5.10 Å². The van der Waals surface area contributed by atoms with Gasteiger partial charge >= 0.3 is 5.97 Å². The lowest BCUT2D eigenvalue weighted by Crippen LogP contribution is -2.29. The van der Waals surface area contributed by atoms with Crippen LogP contribution in [-0.4, -0.2) is 40.9 Å². The Bertz CT molecular complexity index is 840. The molecule has 0 amide bonds. The minimum Gasteiger partial charge on any atom is -0.493 e. The van der Waals surface area contributed by atoms with Crippen LogP contribution in [0.3, 0.4) is 0 Å². The van der Waals surface area contributed by atoms with Gasteiger partial charge in [-0.05, 0) is 18.2 Å². The van der Waals surface area contributed by atoms with Gasteiger partial charge in [-0.1, -0.05) is 0 Å². The number of hydrogen-bond donors (Lipinski definition) is 1. The number of rotatable bonds is 5. The molecule has 0 fully saturated rings. The molecule has 2 aromatic rings. The summed E-state index contributed by atoms with van der Waals surface area (Å²) in [5.41, 5.74) is -1.27. The summed E-state index contributed by atoms with van der Waals surface area (Å²) in [5, 5.41) is 13.0. The molecule has 1 aromatic carbocycles. The highest BCUT2D eigenvalue weighted by atomic mass is 16.5. The van der Waals surface area contributed by atoms with Crippen LogP contribution in [0.15, 0.2) is 29.1 Å². The molecule has 0 aliphatic rings. The number of Topliss-reactive ketones (excluding diaryl/α,β-unsaturated/α-hetero) is 1. The van der Waals surface area contributed by atoms with E-state index in [9.17, 15) is 14.4 Å². The van der Waals surface area contributed by atoms with E-state index in [4.69, 9.17) is 14.6 Å². The number of carboxylic acid groups (broad SMARTS) is 1. The van der Waals surface area contributed by atoms with Crippen LogP contribution in [0, 0.1) is 0 Å². The quantitative estimate of drug-likeness (QED) is 0.824. The van der Waals surface area contributed by atoms with Gasteiger partial charge in [-0.15, -0.1) is 0 Å². The molecule has 23 heavy (non-hydrogen) atoms. The number of ether oxygens (including phenoxy) is 2. The first-order chi connectivity index (χ1) is 10.9. The highest BCUT2D eigenvalue weighted by Gasteiger charge is 2.18. The third-order valence-corrected chi connectivity index (χ3v) is 3.11. The number of ketones is 1. The van der Waals surface area contributed by atoms with Crippen LogP contribution in [0.5, 0.6) is 11.5 Å². The molecule has 0 radical (unpaired) electrons. The molecular weight excluding hydrogens is 304 g/mol. The molecule has 120 valence electrons. The van der Waals surface area contributed by atoms with Crippen molar-refractivity contribution in [2.75, 3.05) is 14.2 Å². The molecule has 8 heteroatoms. The van der Waals surface area contributed by atoms with Gasteiger partial charge < -0.3 is 14.6 Å². The molecule has 1 heterocycles. The number of carbonyl (C=O) groups excluding carboxylic acids is 1. The lowest BCUT2D eigenvalue weighted by Gasteiger charge is -2.11. The van der Waals surface area contributed by atoms with Gasteiger partial charge in [0.2, 0.25) is 0 Å². The van der Waals surface area contributed by atoms with Crippen LogP contribution in [0.2, 0.25) is 0 Å². The topological polar surface area (TPSA) is 108 Å². The zero-order valence-corrected chi connectivity index (χ0v) is 12.7. The van der Waals surface area contributed by atoms with Crippen molar-refractivity contribution >= 4 is 11.8 Å². The lowest BCUT2D eigenvalue weighted by atomic mass is 10.2. The van der Waals surface area contributed by atoms with E-state index in [0.29, 0.717) is 11.5 Å². The van der Waals surface area contributed by atoms with Gasteiger partial charge in [0.1, 0.15) is 11.3 Å². The van der Waals surface area contributed by atoms with E-state index in [1.165, 1.54) is 33.3 Å². The molecule has 0 aliphatic heterocycles. The van der Waals surface area contributed by atoms with Crippen molar-refractivity contribution in [2.24, 2.45) is 0 Å². The maximum atomic E-state index is 12.3. The molecule has 0 unspecified atom stereocenters. The van der Waals surface area contributed by atoms with Crippen LogP contribution in [0.4, 0.5) is 0 Å². The maximum absolute atomic E-state index is 12.3. The number of aromatic nitrogens is 2. The van der Waals surface area contributed by atoms with Crippen molar-refractivity contribution < 1.29 is 24.2 Å². The van der Waals surface area contributed by atoms with Crippen LogP contribution in [0.25, 0.3) is 5.69 Å². The fourth-order valence-electron chi connectivity index (χ4n) is 1.95. The minimum atomic E-state index is -1.44. The maximum Gasteiger partial charge on any atom is 0.341 e. The number of hydrogen-bond acceptors (Lipinski definition) is 6. The summed E-state index contributed by atoms with van der Waals surface area (Å²) in [5.74, 6) is -1.12. The van der Waals surface area contributed by atoms with E-state index < -0.39 is 22.9 Å². The zero-order valence-electron chi connectivity index (χ0n) is 12.7. The van der Waals surface area contributed by atoms with Crippen molar-refractivity contribution in [3.05, 3.63) is 45.9 Å². The molecular formula is C15H14N2O6. The molecule has 0 aliphatic carbocycles. The SMILES string of the molecule is COc1ccc(-n2nc(C(C)=O)cc(C(=O)O)c2=O)cc1OC. The molecule has 1 N–H and O–H groups in total.